The van der Waals surface area contributed by atoms with E-state index in [4.69, 9.17) is 29.3 Å². The third kappa shape index (κ3) is 7.38. The van der Waals surface area contributed by atoms with E-state index < -0.39 is 11.9 Å². The van der Waals surface area contributed by atoms with E-state index in [1.165, 1.54) is 11.1 Å². The molecule has 0 aromatic heterocycles. The number of aliphatic carboxylic acids is 2. The highest BCUT2D eigenvalue weighted by molar-refractivity contribution is 6.27. The Morgan fingerprint density at radius 1 is 0.767 bits per heavy atom. The van der Waals surface area contributed by atoms with E-state index in [-0.39, 0.29) is 0 Å². The fraction of sp³-hybridized carbons (Fsp3) is 0.364. The molecule has 0 aliphatic carbocycles. The van der Waals surface area contributed by atoms with Gasteiger partial charge in [0.05, 0.1) is 14.2 Å². The summed E-state index contributed by atoms with van der Waals surface area (Å²) < 4.78 is 10.7. The van der Waals surface area contributed by atoms with Gasteiger partial charge in [0.2, 0.25) is 0 Å². The fourth-order valence-corrected chi connectivity index (χ4v) is 3.18. The van der Waals surface area contributed by atoms with Crippen LogP contribution in [0.4, 0.5) is 0 Å². The topological polar surface area (TPSA) is 99.5 Å². The van der Waals surface area contributed by atoms with Gasteiger partial charge >= 0.3 is 11.9 Å². The molecule has 1 heterocycles. The maximum Gasteiger partial charge on any atom is 0.414 e. The van der Waals surface area contributed by atoms with Crippen molar-refractivity contribution >= 4 is 11.9 Å². The van der Waals surface area contributed by atoms with Crippen molar-refractivity contribution in [2.45, 2.75) is 13.1 Å². The molecular weight excluding hydrogens is 388 g/mol. The minimum atomic E-state index is -1.82. The molecule has 0 bridgehead atoms. The van der Waals surface area contributed by atoms with E-state index in [0.29, 0.717) is 0 Å². The molecule has 2 aromatic carbocycles. The van der Waals surface area contributed by atoms with Crippen molar-refractivity contribution in [1.82, 2.24) is 9.80 Å². The lowest BCUT2D eigenvalue weighted by molar-refractivity contribution is -0.159. The number of nitrogens with zero attached hydrogens (tertiary/aromatic N) is 2. The lowest BCUT2D eigenvalue weighted by atomic mass is 10.1. The standard InChI is InChI=1S/C20H26N2O2.C2H2O4/c1-23-19-9-8-18(14-20(19)24-2)16-22-12-10-21(11-13-22)15-17-6-4-3-5-7-17;3-1(4)2(5)6/h3-9,14H,10-13,15-16H2,1-2H3;(H,3,4)(H,5,6). The van der Waals surface area contributed by atoms with Crippen LogP contribution in [-0.2, 0) is 22.7 Å². The van der Waals surface area contributed by atoms with Gasteiger partial charge in [0.25, 0.3) is 0 Å². The highest BCUT2D eigenvalue weighted by Crippen LogP contribution is 2.28. The maximum atomic E-state index is 9.10. The molecule has 2 N–H and O–H groups in total. The van der Waals surface area contributed by atoms with Gasteiger partial charge in [-0.15, -0.1) is 0 Å². The maximum absolute atomic E-state index is 9.10. The van der Waals surface area contributed by atoms with E-state index in [0.717, 1.165) is 50.8 Å². The van der Waals surface area contributed by atoms with Gasteiger partial charge < -0.3 is 19.7 Å². The number of hydrogen-bond acceptors (Lipinski definition) is 6. The molecule has 1 fully saturated rings. The van der Waals surface area contributed by atoms with Crippen LogP contribution in [0.25, 0.3) is 0 Å². The average Bonchev–Trinajstić information content (AvgIpc) is 2.76. The normalized spacial score (nSPS) is 14.3. The Labute approximate surface area is 176 Å². The largest absolute Gasteiger partial charge is 0.493 e. The third-order valence-corrected chi connectivity index (χ3v) is 4.75. The van der Waals surface area contributed by atoms with Crippen LogP contribution >= 0.6 is 0 Å². The van der Waals surface area contributed by atoms with E-state index in [2.05, 4.69) is 52.3 Å². The summed E-state index contributed by atoms with van der Waals surface area (Å²) in [7, 11) is 3.35. The molecule has 0 spiro atoms. The Morgan fingerprint density at radius 2 is 1.27 bits per heavy atom. The summed E-state index contributed by atoms with van der Waals surface area (Å²) in [4.78, 5) is 23.2. The van der Waals surface area contributed by atoms with Crippen LogP contribution in [0.1, 0.15) is 11.1 Å². The molecule has 3 rings (SSSR count). The number of methoxy groups -OCH3 is 2. The molecule has 162 valence electrons. The van der Waals surface area contributed by atoms with Crippen LogP contribution in [0.5, 0.6) is 11.5 Å². The summed E-state index contributed by atoms with van der Waals surface area (Å²) in [6.07, 6.45) is 0. The molecule has 0 unspecified atom stereocenters. The smallest absolute Gasteiger partial charge is 0.414 e. The van der Waals surface area contributed by atoms with Crippen LogP contribution in [0, 0.1) is 0 Å². The molecule has 0 saturated carbocycles. The van der Waals surface area contributed by atoms with Gasteiger partial charge in [0, 0.05) is 39.3 Å². The van der Waals surface area contributed by atoms with E-state index in [9.17, 15) is 0 Å². The number of carboxylic acid groups (broad SMARTS) is 2. The molecule has 30 heavy (non-hydrogen) atoms. The van der Waals surface area contributed by atoms with Gasteiger partial charge in [0.15, 0.2) is 11.5 Å². The second-order valence-electron chi connectivity index (χ2n) is 6.84. The number of benzene rings is 2. The summed E-state index contributed by atoms with van der Waals surface area (Å²) in [5, 5.41) is 14.8. The first kappa shape index (κ1) is 23.2. The Morgan fingerprint density at radius 3 is 1.73 bits per heavy atom. The number of rotatable bonds is 6. The summed E-state index contributed by atoms with van der Waals surface area (Å²) in [6, 6.07) is 16.9. The second-order valence-corrected chi connectivity index (χ2v) is 6.84. The average molecular weight is 416 g/mol. The number of carbonyl (C=O) groups is 2. The zero-order valence-corrected chi connectivity index (χ0v) is 17.3. The Balaban J connectivity index is 0.000000469. The monoisotopic (exact) mass is 416 g/mol. The molecule has 8 nitrogen and oxygen atoms in total. The molecule has 1 saturated heterocycles. The lowest BCUT2D eigenvalue weighted by Crippen LogP contribution is -2.45. The van der Waals surface area contributed by atoms with Gasteiger partial charge in [-0.05, 0) is 23.3 Å². The van der Waals surface area contributed by atoms with Crippen LogP contribution in [-0.4, -0.2) is 72.4 Å². The van der Waals surface area contributed by atoms with Crippen LogP contribution in [0.3, 0.4) is 0 Å². The van der Waals surface area contributed by atoms with Crippen molar-refractivity contribution in [1.29, 1.82) is 0 Å². The summed E-state index contributed by atoms with van der Waals surface area (Å²) in [5.74, 6) is -2.06. The zero-order chi connectivity index (χ0) is 21.9. The highest BCUT2D eigenvalue weighted by atomic mass is 16.5. The molecule has 2 aromatic rings. The molecule has 1 aliphatic heterocycles. The zero-order valence-electron chi connectivity index (χ0n) is 17.3. The Bertz CT molecular complexity index is 808. The SMILES string of the molecule is COc1ccc(CN2CCN(Cc3ccccc3)CC2)cc1OC.O=C(O)C(=O)O. The van der Waals surface area contributed by atoms with E-state index >= 15 is 0 Å². The van der Waals surface area contributed by atoms with Crippen LogP contribution in [0.2, 0.25) is 0 Å². The fourth-order valence-electron chi connectivity index (χ4n) is 3.18. The first-order valence-corrected chi connectivity index (χ1v) is 9.58. The first-order chi connectivity index (χ1) is 14.4. The predicted molar refractivity (Wildman–Crippen MR) is 112 cm³/mol. The molecular formula is C22H28N2O6. The Kier molecular flexibility index (Phi) is 9.11. The van der Waals surface area contributed by atoms with Crippen molar-refractivity contribution in [2.24, 2.45) is 0 Å². The molecule has 0 atom stereocenters. The van der Waals surface area contributed by atoms with Gasteiger partial charge in [-0.2, -0.15) is 0 Å². The van der Waals surface area contributed by atoms with Crippen LogP contribution < -0.4 is 9.47 Å². The number of ether oxygens (including phenoxy) is 2. The van der Waals surface area contributed by atoms with Gasteiger partial charge in [-0.25, -0.2) is 9.59 Å². The quantitative estimate of drug-likeness (QED) is 0.692. The van der Waals surface area contributed by atoms with Crippen molar-refractivity contribution in [3.63, 3.8) is 0 Å². The van der Waals surface area contributed by atoms with E-state index in [1.807, 2.05) is 6.07 Å². The third-order valence-electron chi connectivity index (χ3n) is 4.75. The van der Waals surface area contributed by atoms with Gasteiger partial charge in [0.1, 0.15) is 0 Å². The minimum Gasteiger partial charge on any atom is -0.493 e. The summed E-state index contributed by atoms with van der Waals surface area (Å²) in [5.41, 5.74) is 2.66. The molecule has 0 radical (unpaired) electrons. The second kappa shape index (κ2) is 11.8. The summed E-state index contributed by atoms with van der Waals surface area (Å²) in [6.45, 7) is 6.43. The highest BCUT2D eigenvalue weighted by Gasteiger charge is 2.17. The number of piperazine rings is 1. The number of carboxylic acids is 2. The predicted octanol–water partition coefficient (Wildman–Crippen LogP) is 2.18. The molecule has 0 amide bonds. The van der Waals surface area contributed by atoms with Gasteiger partial charge in [-0.1, -0.05) is 36.4 Å². The van der Waals surface area contributed by atoms with Crippen molar-refractivity contribution in [2.75, 3.05) is 40.4 Å². The molecule has 1 aliphatic rings. The summed E-state index contributed by atoms with van der Waals surface area (Å²) >= 11 is 0. The lowest BCUT2D eigenvalue weighted by Gasteiger charge is -2.34. The first-order valence-electron chi connectivity index (χ1n) is 9.58. The number of hydrogen-bond donors (Lipinski definition) is 2. The van der Waals surface area contributed by atoms with Crippen molar-refractivity contribution in [3.8, 4) is 11.5 Å². The van der Waals surface area contributed by atoms with Crippen molar-refractivity contribution < 1.29 is 29.3 Å². The molecule has 8 heteroatoms. The Hall–Kier alpha value is -3.10. The van der Waals surface area contributed by atoms with Crippen molar-refractivity contribution in [3.05, 3.63) is 59.7 Å². The van der Waals surface area contributed by atoms with E-state index in [1.54, 1.807) is 14.2 Å². The minimum absolute atomic E-state index is 0.786. The van der Waals surface area contributed by atoms with Gasteiger partial charge in [-0.3, -0.25) is 9.80 Å². The van der Waals surface area contributed by atoms with Crippen LogP contribution in [0.15, 0.2) is 48.5 Å².